The van der Waals surface area contributed by atoms with Crippen LogP contribution in [-0.2, 0) is 11.3 Å². The first kappa shape index (κ1) is 14.0. The van der Waals surface area contributed by atoms with Crippen LogP contribution in [0.4, 0.5) is 0 Å². The number of hydrogen-bond acceptors (Lipinski definition) is 6. The van der Waals surface area contributed by atoms with Gasteiger partial charge in [0.15, 0.2) is 10.8 Å². The average Bonchev–Trinajstić information content (AvgIpc) is 3.06. The number of hydrogen-bond donors (Lipinski definition) is 1. The van der Waals surface area contributed by atoms with Crippen molar-refractivity contribution in [2.24, 2.45) is 0 Å². The molecular weight excluding hydrogens is 308 g/mol. The van der Waals surface area contributed by atoms with Crippen molar-refractivity contribution < 1.29 is 9.90 Å². The number of thioether (sulfide) groups is 1. The predicted octanol–water partition coefficient (Wildman–Crippen LogP) is 2.42. The molecule has 3 aromatic heterocycles. The number of rotatable bonds is 5. The molecule has 3 rings (SSSR count). The fraction of sp³-hybridized carbons (Fsp3) is 0.231. The number of aryl methyl sites for hydroxylation is 1. The Morgan fingerprint density at radius 1 is 1.43 bits per heavy atom. The van der Waals surface area contributed by atoms with Crippen LogP contribution in [0.5, 0.6) is 0 Å². The van der Waals surface area contributed by atoms with E-state index in [0.29, 0.717) is 11.7 Å². The fourth-order valence-corrected chi connectivity index (χ4v) is 3.25. The van der Waals surface area contributed by atoms with Gasteiger partial charge < -0.3 is 5.11 Å². The molecule has 0 bridgehead atoms. The first-order valence-electron chi connectivity index (χ1n) is 6.20. The molecule has 0 amide bonds. The van der Waals surface area contributed by atoms with Crippen molar-refractivity contribution in [3.63, 3.8) is 0 Å². The van der Waals surface area contributed by atoms with Gasteiger partial charge >= 0.3 is 5.97 Å². The fourth-order valence-electron chi connectivity index (χ4n) is 1.92. The van der Waals surface area contributed by atoms with Crippen LogP contribution < -0.4 is 0 Å². The molecule has 0 aliphatic heterocycles. The molecule has 108 valence electrons. The van der Waals surface area contributed by atoms with Crippen molar-refractivity contribution in [1.82, 2.24) is 19.5 Å². The maximum absolute atomic E-state index is 10.8. The molecule has 6 nitrogen and oxygen atoms in total. The highest BCUT2D eigenvalue weighted by Crippen LogP contribution is 2.24. The first-order chi connectivity index (χ1) is 10.1. The number of aromatic nitrogens is 4. The monoisotopic (exact) mass is 320 g/mol. The van der Waals surface area contributed by atoms with Crippen molar-refractivity contribution in [1.29, 1.82) is 0 Å². The Kier molecular flexibility index (Phi) is 3.89. The number of carbonyl (C=O) groups is 1. The van der Waals surface area contributed by atoms with E-state index in [1.54, 1.807) is 17.5 Å². The summed E-state index contributed by atoms with van der Waals surface area (Å²) in [6.07, 6.45) is 1.75. The van der Waals surface area contributed by atoms with Gasteiger partial charge in [0.25, 0.3) is 0 Å². The van der Waals surface area contributed by atoms with Gasteiger partial charge in [0.1, 0.15) is 10.5 Å². The smallest absolute Gasteiger partial charge is 0.313 e. The third kappa shape index (κ3) is 3.06. The molecule has 0 saturated carbocycles. The van der Waals surface area contributed by atoms with Crippen LogP contribution in [0.15, 0.2) is 28.9 Å². The Balaban J connectivity index is 2.04. The van der Waals surface area contributed by atoms with Gasteiger partial charge in [0.05, 0.1) is 12.3 Å². The lowest BCUT2D eigenvalue weighted by Crippen LogP contribution is -2.05. The summed E-state index contributed by atoms with van der Waals surface area (Å²) in [7, 11) is 0. The van der Waals surface area contributed by atoms with Gasteiger partial charge in [-0.25, -0.2) is 15.0 Å². The molecule has 0 fully saturated rings. The summed E-state index contributed by atoms with van der Waals surface area (Å²) in [6.45, 7) is 2.47. The highest BCUT2D eigenvalue weighted by Gasteiger charge is 2.15. The Hall–Kier alpha value is -1.93. The quantitative estimate of drug-likeness (QED) is 0.727. The summed E-state index contributed by atoms with van der Waals surface area (Å²) >= 11 is 2.75. The topological polar surface area (TPSA) is 80.9 Å². The largest absolute Gasteiger partial charge is 0.481 e. The number of carboxylic acids is 1. The van der Waals surface area contributed by atoms with E-state index < -0.39 is 5.97 Å². The Morgan fingerprint density at radius 2 is 2.29 bits per heavy atom. The molecule has 0 saturated heterocycles. The molecule has 8 heteroatoms. The lowest BCUT2D eigenvalue weighted by molar-refractivity contribution is -0.133. The van der Waals surface area contributed by atoms with E-state index in [9.17, 15) is 4.79 Å². The zero-order valence-corrected chi connectivity index (χ0v) is 12.8. The number of carboxylic acid groups (broad SMARTS) is 1. The SMILES string of the molecule is Cc1ccc2nc(SCC(=O)O)n(Cc3nccs3)c2n1. The summed E-state index contributed by atoms with van der Waals surface area (Å²) in [5, 5.41) is 12.4. The van der Waals surface area contributed by atoms with E-state index in [0.717, 1.165) is 21.9 Å². The van der Waals surface area contributed by atoms with Crippen LogP contribution in [0.1, 0.15) is 10.7 Å². The highest BCUT2D eigenvalue weighted by atomic mass is 32.2. The lowest BCUT2D eigenvalue weighted by Gasteiger charge is -2.05. The summed E-state index contributed by atoms with van der Waals surface area (Å²) in [5.41, 5.74) is 2.43. The summed E-state index contributed by atoms with van der Waals surface area (Å²) in [6, 6.07) is 3.80. The average molecular weight is 320 g/mol. The summed E-state index contributed by atoms with van der Waals surface area (Å²) < 4.78 is 1.93. The molecule has 21 heavy (non-hydrogen) atoms. The van der Waals surface area contributed by atoms with Gasteiger partial charge in [-0.05, 0) is 19.1 Å². The Bertz CT molecular complexity index is 783. The van der Waals surface area contributed by atoms with Gasteiger partial charge in [-0.3, -0.25) is 9.36 Å². The van der Waals surface area contributed by atoms with Gasteiger partial charge in [-0.2, -0.15) is 0 Å². The van der Waals surface area contributed by atoms with Gasteiger partial charge in [-0.1, -0.05) is 11.8 Å². The van der Waals surface area contributed by atoms with Crippen molar-refractivity contribution in [3.05, 3.63) is 34.4 Å². The van der Waals surface area contributed by atoms with Crippen LogP contribution in [-0.4, -0.2) is 36.3 Å². The van der Waals surface area contributed by atoms with Gasteiger partial charge in [0.2, 0.25) is 0 Å². The number of aliphatic carboxylic acids is 1. The molecule has 0 spiro atoms. The van der Waals surface area contributed by atoms with E-state index in [-0.39, 0.29) is 5.75 Å². The number of fused-ring (bicyclic) bond motifs is 1. The summed E-state index contributed by atoms with van der Waals surface area (Å²) in [4.78, 5) is 24.1. The molecule has 3 heterocycles. The first-order valence-corrected chi connectivity index (χ1v) is 8.07. The highest BCUT2D eigenvalue weighted by molar-refractivity contribution is 7.99. The van der Waals surface area contributed by atoms with Crippen LogP contribution in [0.2, 0.25) is 0 Å². The third-order valence-corrected chi connectivity index (χ3v) is 4.52. The molecule has 0 aromatic carbocycles. The van der Waals surface area contributed by atoms with E-state index in [4.69, 9.17) is 5.11 Å². The minimum atomic E-state index is -0.864. The van der Waals surface area contributed by atoms with E-state index >= 15 is 0 Å². The van der Waals surface area contributed by atoms with Crippen molar-refractivity contribution in [2.75, 3.05) is 5.75 Å². The zero-order valence-electron chi connectivity index (χ0n) is 11.2. The van der Waals surface area contributed by atoms with Gasteiger partial charge in [0, 0.05) is 17.3 Å². The number of thiazole rings is 1. The summed E-state index contributed by atoms with van der Waals surface area (Å²) in [5.74, 6) is -0.892. The van der Waals surface area contributed by atoms with Crippen LogP contribution in [0, 0.1) is 6.92 Å². The standard InChI is InChI=1S/C13H12N4O2S2/c1-8-2-3-9-12(15-8)17(6-10-14-4-5-20-10)13(16-9)21-7-11(18)19/h2-5H,6-7H2,1H3,(H,18,19). The van der Waals surface area contributed by atoms with Crippen molar-refractivity contribution >= 4 is 40.2 Å². The molecule has 1 N–H and O–H groups in total. The second-order valence-electron chi connectivity index (χ2n) is 4.38. The van der Waals surface area contributed by atoms with Crippen molar-refractivity contribution in [3.8, 4) is 0 Å². The Morgan fingerprint density at radius 3 is 3.00 bits per heavy atom. The molecule has 0 unspecified atom stereocenters. The maximum atomic E-state index is 10.8. The maximum Gasteiger partial charge on any atom is 0.313 e. The third-order valence-electron chi connectivity index (χ3n) is 2.80. The minimum Gasteiger partial charge on any atom is -0.481 e. The zero-order chi connectivity index (χ0) is 14.8. The second kappa shape index (κ2) is 5.82. The molecular formula is C13H12N4O2S2. The Labute approximate surface area is 128 Å². The lowest BCUT2D eigenvalue weighted by atomic mass is 10.3. The molecule has 0 aliphatic carbocycles. The molecule has 0 aliphatic rings. The van der Waals surface area contributed by atoms with Crippen LogP contribution in [0.3, 0.4) is 0 Å². The minimum absolute atomic E-state index is 0.0276. The number of imidazole rings is 1. The number of nitrogens with zero attached hydrogens (tertiary/aromatic N) is 4. The molecule has 0 atom stereocenters. The van der Waals surface area contributed by atoms with Crippen LogP contribution in [0.25, 0.3) is 11.2 Å². The second-order valence-corrected chi connectivity index (χ2v) is 6.31. The van der Waals surface area contributed by atoms with E-state index in [1.807, 2.05) is 29.0 Å². The molecule has 0 radical (unpaired) electrons. The van der Waals surface area contributed by atoms with Crippen molar-refractivity contribution in [2.45, 2.75) is 18.6 Å². The van der Waals surface area contributed by atoms with E-state index in [2.05, 4.69) is 15.0 Å². The number of pyridine rings is 1. The van der Waals surface area contributed by atoms with Crippen LogP contribution >= 0.6 is 23.1 Å². The molecule has 3 aromatic rings. The van der Waals surface area contributed by atoms with Gasteiger partial charge in [-0.15, -0.1) is 11.3 Å². The van der Waals surface area contributed by atoms with E-state index in [1.165, 1.54) is 11.8 Å². The normalized spacial score (nSPS) is 11.1. The predicted molar refractivity (Wildman–Crippen MR) is 81.8 cm³/mol.